The number of nitrogens with one attached hydrogen (secondary N) is 1. The molecule has 0 aliphatic heterocycles. The molecule has 1 rings (SSSR count). The molecule has 0 saturated heterocycles. The first-order valence-electron chi connectivity index (χ1n) is 4.95. The van der Waals surface area contributed by atoms with Crippen molar-refractivity contribution >= 4 is 11.6 Å². The highest BCUT2D eigenvalue weighted by molar-refractivity contribution is 6.31. The molecule has 1 aromatic heterocycles. The van der Waals surface area contributed by atoms with E-state index in [1.54, 1.807) is 7.05 Å². The lowest BCUT2D eigenvalue weighted by Crippen LogP contribution is -2.42. The van der Waals surface area contributed by atoms with Gasteiger partial charge < -0.3 is 0 Å². The number of alkyl halides is 2. The normalized spacial score (nSPS) is 13.4. The first-order chi connectivity index (χ1) is 7.51. The molecule has 0 spiro atoms. The van der Waals surface area contributed by atoms with Gasteiger partial charge in [-0.1, -0.05) is 18.5 Å². The van der Waals surface area contributed by atoms with E-state index >= 15 is 0 Å². The van der Waals surface area contributed by atoms with Crippen molar-refractivity contribution in [3.8, 4) is 0 Å². The molecule has 7 heteroatoms. The highest BCUT2D eigenvalue weighted by Gasteiger charge is 2.23. The molecule has 1 heterocycles. The minimum Gasteiger partial charge on any atom is -0.271 e. The second-order valence-corrected chi connectivity index (χ2v) is 3.87. The zero-order chi connectivity index (χ0) is 12.3. The molecule has 1 aromatic rings. The van der Waals surface area contributed by atoms with Gasteiger partial charge >= 0.3 is 0 Å². The molecule has 0 aliphatic rings. The number of aromatic nitrogens is 2. The standard InChI is InChI=1S/C9H15ClF2N4/c1-3-5-8(10)7(16(2)15-5)4-6(14-13)9(11)12/h6,9,14H,3-4,13H2,1-2H3. The molecule has 92 valence electrons. The zero-order valence-corrected chi connectivity index (χ0v) is 9.93. The van der Waals surface area contributed by atoms with Gasteiger partial charge in [-0.3, -0.25) is 16.0 Å². The van der Waals surface area contributed by atoms with Crippen LogP contribution in [0.3, 0.4) is 0 Å². The van der Waals surface area contributed by atoms with E-state index in [0.29, 0.717) is 22.8 Å². The number of nitrogens with two attached hydrogens (primary N) is 1. The van der Waals surface area contributed by atoms with Gasteiger partial charge in [0.15, 0.2) is 0 Å². The summed E-state index contributed by atoms with van der Waals surface area (Å²) in [4.78, 5) is 0. The van der Waals surface area contributed by atoms with E-state index in [9.17, 15) is 8.78 Å². The number of aryl methyl sites for hydroxylation is 2. The summed E-state index contributed by atoms with van der Waals surface area (Å²) < 4.78 is 26.6. The Morgan fingerprint density at radius 1 is 1.56 bits per heavy atom. The molecule has 0 fully saturated rings. The fourth-order valence-electron chi connectivity index (χ4n) is 1.47. The third-order valence-corrected chi connectivity index (χ3v) is 2.87. The van der Waals surface area contributed by atoms with Crippen molar-refractivity contribution in [2.45, 2.75) is 32.2 Å². The van der Waals surface area contributed by atoms with Crippen LogP contribution >= 0.6 is 11.6 Å². The van der Waals surface area contributed by atoms with Gasteiger partial charge in [0.2, 0.25) is 0 Å². The van der Waals surface area contributed by atoms with Crippen LogP contribution in [0.25, 0.3) is 0 Å². The first-order valence-corrected chi connectivity index (χ1v) is 5.33. The Hall–Kier alpha value is -0.720. The topological polar surface area (TPSA) is 55.9 Å². The number of hydrogen-bond donors (Lipinski definition) is 2. The van der Waals surface area contributed by atoms with Crippen LogP contribution in [0, 0.1) is 0 Å². The largest absolute Gasteiger partial charge is 0.271 e. The highest BCUT2D eigenvalue weighted by atomic mass is 35.5. The molecular formula is C9H15ClF2N4. The van der Waals surface area contributed by atoms with E-state index in [0.717, 1.165) is 0 Å². The molecule has 16 heavy (non-hydrogen) atoms. The van der Waals surface area contributed by atoms with Gasteiger partial charge in [-0.2, -0.15) is 5.10 Å². The smallest absolute Gasteiger partial charge is 0.255 e. The molecular weight excluding hydrogens is 238 g/mol. The van der Waals surface area contributed by atoms with Crippen LogP contribution in [0.2, 0.25) is 5.02 Å². The lowest BCUT2D eigenvalue weighted by molar-refractivity contribution is 0.0976. The quantitative estimate of drug-likeness (QED) is 0.613. The van der Waals surface area contributed by atoms with E-state index in [-0.39, 0.29) is 6.42 Å². The molecule has 1 unspecified atom stereocenters. The zero-order valence-electron chi connectivity index (χ0n) is 9.17. The molecule has 3 N–H and O–H groups in total. The molecule has 0 radical (unpaired) electrons. The second-order valence-electron chi connectivity index (χ2n) is 3.50. The Morgan fingerprint density at radius 3 is 2.56 bits per heavy atom. The fourth-order valence-corrected chi connectivity index (χ4v) is 1.84. The Bertz CT molecular complexity index is 354. The summed E-state index contributed by atoms with van der Waals surface area (Å²) in [6.45, 7) is 1.91. The average Bonchev–Trinajstić information content (AvgIpc) is 2.51. The predicted octanol–water partition coefficient (Wildman–Crippen LogP) is 1.28. The summed E-state index contributed by atoms with van der Waals surface area (Å²) >= 11 is 6.04. The lowest BCUT2D eigenvalue weighted by Gasteiger charge is -2.14. The third-order valence-electron chi connectivity index (χ3n) is 2.43. The number of hydrogen-bond acceptors (Lipinski definition) is 3. The summed E-state index contributed by atoms with van der Waals surface area (Å²) in [6.07, 6.45) is -1.82. The van der Waals surface area contributed by atoms with Crippen LogP contribution in [-0.2, 0) is 19.9 Å². The number of nitrogens with zero attached hydrogens (tertiary/aromatic N) is 2. The minimum absolute atomic E-state index is 0.0521. The summed E-state index contributed by atoms with van der Waals surface area (Å²) in [6, 6.07) is -1.11. The van der Waals surface area contributed by atoms with Crippen LogP contribution in [-0.4, -0.2) is 22.2 Å². The van der Waals surface area contributed by atoms with Gasteiger partial charge in [0.1, 0.15) is 0 Å². The minimum atomic E-state index is -2.54. The van der Waals surface area contributed by atoms with E-state index in [1.165, 1.54) is 4.68 Å². The SMILES string of the molecule is CCc1nn(C)c(CC(NN)C(F)F)c1Cl. The Kier molecular flexibility index (Phi) is 4.64. The van der Waals surface area contributed by atoms with E-state index in [1.807, 2.05) is 6.92 Å². The summed E-state index contributed by atoms with van der Waals surface area (Å²) in [5, 5.41) is 4.60. The van der Waals surface area contributed by atoms with Gasteiger partial charge in [-0.15, -0.1) is 0 Å². The average molecular weight is 253 g/mol. The number of rotatable bonds is 5. The summed E-state index contributed by atoms with van der Waals surface area (Å²) in [5.74, 6) is 5.06. The van der Waals surface area contributed by atoms with Crippen LogP contribution in [0.15, 0.2) is 0 Å². The van der Waals surface area contributed by atoms with Crippen molar-refractivity contribution in [1.82, 2.24) is 15.2 Å². The molecule has 0 saturated carbocycles. The van der Waals surface area contributed by atoms with Gasteiger partial charge in [0, 0.05) is 13.5 Å². The first kappa shape index (κ1) is 13.3. The monoisotopic (exact) mass is 252 g/mol. The van der Waals surface area contributed by atoms with Crippen molar-refractivity contribution in [3.05, 3.63) is 16.4 Å². The van der Waals surface area contributed by atoms with Crippen molar-refractivity contribution in [3.63, 3.8) is 0 Å². The van der Waals surface area contributed by atoms with Crippen LogP contribution in [0.1, 0.15) is 18.3 Å². The van der Waals surface area contributed by atoms with Crippen LogP contribution in [0.4, 0.5) is 8.78 Å². The van der Waals surface area contributed by atoms with E-state index in [2.05, 4.69) is 10.5 Å². The molecule has 4 nitrogen and oxygen atoms in total. The van der Waals surface area contributed by atoms with Gasteiger partial charge in [0.25, 0.3) is 6.43 Å². The molecule has 1 atom stereocenters. The third kappa shape index (κ3) is 2.69. The van der Waals surface area contributed by atoms with E-state index < -0.39 is 12.5 Å². The number of hydrazine groups is 1. The van der Waals surface area contributed by atoms with Crippen molar-refractivity contribution in [2.75, 3.05) is 0 Å². The number of halogens is 3. The fraction of sp³-hybridized carbons (Fsp3) is 0.667. The Morgan fingerprint density at radius 2 is 2.19 bits per heavy atom. The molecule has 0 amide bonds. The summed E-state index contributed by atoms with van der Waals surface area (Å²) in [5.41, 5.74) is 3.37. The molecule has 0 aliphatic carbocycles. The van der Waals surface area contributed by atoms with Crippen molar-refractivity contribution < 1.29 is 8.78 Å². The Labute approximate surface area is 97.7 Å². The van der Waals surface area contributed by atoms with Gasteiger partial charge in [-0.25, -0.2) is 8.78 Å². The molecule has 0 bridgehead atoms. The Balaban J connectivity index is 2.91. The lowest BCUT2D eigenvalue weighted by atomic mass is 10.1. The van der Waals surface area contributed by atoms with Crippen molar-refractivity contribution in [1.29, 1.82) is 0 Å². The maximum Gasteiger partial charge on any atom is 0.255 e. The van der Waals surface area contributed by atoms with Gasteiger partial charge in [-0.05, 0) is 6.42 Å². The van der Waals surface area contributed by atoms with Crippen LogP contribution in [0.5, 0.6) is 0 Å². The van der Waals surface area contributed by atoms with Crippen molar-refractivity contribution in [2.24, 2.45) is 12.9 Å². The maximum absolute atomic E-state index is 12.5. The van der Waals surface area contributed by atoms with Gasteiger partial charge in [0.05, 0.1) is 22.5 Å². The summed E-state index contributed by atoms with van der Waals surface area (Å²) in [7, 11) is 1.68. The van der Waals surface area contributed by atoms with E-state index in [4.69, 9.17) is 17.4 Å². The van der Waals surface area contributed by atoms with Crippen LogP contribution < -0.4 is 11.3 Å². The highest BCUT2D eigenvalue weighted by Crippen LogP contribution is 2.23. The second kappa shape index (κ2) is 5.56. The maximum atomic E-state index is 12.5. The molecule has 0 aromatic carbocycles. The predicted molar refractivity (Wildman–Crippen MR) is 58.4 cm³/mol.